The van der Waals surface area contributed by atoms with Gasteiger partial charge in [-0.2, -0.15) is 0 Å². The molecule has 1 amide bonds. The van der Waals surface area contributed by atoms with Crippen molar-refractivity contribution in [2.75, 3.05) is 24.8 Å². The Kier molecular flexibility index (Phi) is 6.28. The van der Waals surface area contributed by atoms with E-state index >= 15 is 0 Å². The van der Waals surface area contributed by atoms with E-state index in [1.165, 1.54) is 37.8 Å². The molecule has 9 nitrogen and oxygen atoms in total. The number of hydrogen-bond donors (Lipinski definition) is 2. The number of hydrogen-bond acceptors (Lipinski definition) is 8. The molecule has 0 saturated heterocycles. The number of nitrogens with two attached hydrogens (primary N) is 1. The van der Waals surface area contributed by atoms with Crippen LogP contribution in [0.25, 0.3) is 11.3 Å². The van der Waals surface area contributed by atoms with Gasteiger partial charge in [-0.15, -0.1) is 0 Å². The van der Waals surface area contributed by atoms with Crippen molar-refractivity contribution in [2.24, 2.45) is 0 Å². The van der Waals surface area contributed by atoms with Gasteiger partial charge < -0.3 is 20.5 Å². The summed E-state index contributed by atoms with van der Waals surface area (Å²) < 4.78 is 25.6. The van der Waals surface area contributed by atoms with Crippen LogP contribution in [0, 0.1) is 5.82 Å². The second-order valence-corrected chi connectivity index (χ2v) is 7.09. The van der Waals surface area contributed by atoms with E-state index in [4.69, 9.17) is 15.2 Å². The van der Waals surface area contributed by atoms with Crippen LogP contribution in [0.2, 0.25) is 0 Å². The van der Waals surface area contributed by atoms with Gasteiger partial charge in [0.25, 0.3) is 0 Å². The summed E-state index contributed by atoms with van der Waals surface area (Å²) in [6, 6.07) is 4.22. The maximum Gasteiger partial charge on any atom is 0.236 e. The minimum atomic E-state index is -1.06. The molecule has 162 valence electrons. The van der Waals surface area contributed by atoms with Crippen LogP contribution < -0.4 is 20.5 Å². The quantitative estimate of drug-likeness (QED) is 0.591. The Morgan fingerprint density at radius 2 is 2.03 bits per heavy atom. The Hall–Kier alpha value is -3.82. The van der Waals surface area contributed by atoms with Gasteiger partial charge >= 0.3 is 0 Å². The highest BCUT2D eigenvalue weighted by Crippen LogP contribution is 2.34. The van der Waals surface area contributed by atoms with Crippen LogP contribution >= 0.6 is 0 Å². The molecule has 0 unspecified atom stereocenters. The van der Waals surface area contributed by atoms with Crippen LogP contribution in [-0.2, 0) is 10.2 Å². The summed E-state index contributed by atoms with van der Waals surface area (Å²) in [7, 11) is 1.42. The fourth-order valence-electron chi connectivity index (χ4n) is 2.83. The SMILES string of the molecule is CCOc1cncc(-c2cc(OC)c(NC(=O)C(C)(C)c3ccnc(N)n3)cc2F)n1. The average Bonchev–Trinajstić information content (AvgIpc) is 2.74. The Labute approximate surface area is 178 Å². The molecule has 2 heterocycles. The second-order valence-electron chi connectivity index (χ2n) is 7.09. The summed E-state index contributed by atoms with van der Waals surface area (Å²) in [5.41, 5.74) is 5.60. The highest BCUT2D eigenvalue weighted by Gasteiger charge is 2.32. The zero-order chi connectivity index (χ0) is 22.6. The van der Waals surface area contributed by atoms with Gasteiger partial charge in [-0.25, -0.2) is 19.3 Å². The van der Waals surface area contributed by atoms with Gasteiger partial charge in [0.15, 0.2) is 0 Å². The topological polar surface area (TPSA) is 125 Å². The first-order chi connectivity index (χ1) is 14.8. The summed E-state index contributed by atoms with van der Waals surface area (Å²) in [5.74, 6) is -0.438. The fourth-order valence-corrected chi connectivity index (χ4v) is 2.83. The molecule has 31 heavy (non-hydrogen) atoms. The molecule has 0 saturated carbocycles. The smallest absolute Gasteiger partial charge is 0.236 e. The highest BCUT2D eigenvalue weighted by atomic mass is 19.1. The molecular formula is C21H23FN6O3. The Balaban J connectivity index is 1.93. The van der Waals surface area contributed by atoms with Crippen molar-refractivity contribution in [2.45, 2.75) is 26.2 Å². The third-order valence-electron chi connectivity index (χ3n) is 4.60. The summed E-state index contributed by atoms with van der Waals surface area (Å²) in [5, 5.41) is 2.70. The molecular weight excluding hydrogens is 403 g/mol. The predicted octanol–water partition coefficient (Wildman–Crippen LogP) is 2.98. The van der Waals surface area contributed by atoms with Crippen molar-refractivity contribution in [3.05, 3.63) is 48.3 Å². The van der Waals surface area contributed by atoms with E-state index in [2.05, 4.69) is 25.3 Å². The lowest BCUT2D eigenvalue weighted by Gasteiger charge is -2.24. The van der Waals surface area contributed by atoms with E-state index in [-0.39, 0.29) is 34.5 Å². The standard InChI is InChI=1S/C21H23FN6O3/c1-5-31-18-11-24-10-15(26-18)12-8-16(30-4)14(9-13(12)22)27-19(29)21(2,3)17-6-7-25-20(23)28-17/h6-11H,5H2,1-4H3,(H,27,29)(H2,23,25,28). The molecule has 0 radical (unpaired) electrons. The molecule has 10 heteroatoms. The van der Waals surface area contributed by atoms with Gasteiger partial charge in [-0.05, 0) is 32.9 Å². The maximum atomic E-state index is 14.9. The van der Waals surface area contributed by atoms with Crippen LogP contribution in [0.3, 0.4) is 0 Å². The van der Waals surface area contributed by atoms with Crippen LogP contribution in [0.15, 0.2) is 36.8 Å². The molecule has 1 aromatic carbocycles. The molecule has 2 aromatic heterocycles. The minimum absolute atomic E-state index is 0.0572. The molecule has 3 aromatic rings. The van der Waals surface area contributed by atoms with Crippen LogP contribution in [0.1, 0.15) is 26.5 Å². The first kappa shape index (κ1) is 21.9. The largest absolute Gasteiger partial charge is 0.495 e. The zero-order valence-electron chi connectivity index (χ0n) is 17.6. The van der Waals surface area contributed by atoms with E-state index in [9.17, 15) is 9.18 Å². The number of amides is 1. The van der Waals surface area contributed by atoms with Gasteiger partial charge in [0.05, 0.1) is 48.6 Å². The number of ether oxygens (including phenoxy) is 2. The second kappa shape index (κ2) is 8.90. The number of aromatic nitrogens is 4. The number of benzene rings is 1. The molecule has 0 aliphatic carbocycles. The van der Waals surface area contributed by atoms with Crippen molar-refractivity contribution >= 4 is 17.5 Å². The van der Waals surface area contributed by atoms with Crippen LogP contribution in [-0.4, -0.2) is 39.6 Å². The third-order valence-corrected chi connectivity index (χ3v) is 4.60. The molecule has 3 rings (SSSR count). The number of methoxy groups -OCH3 is 1. The Morgan fingerprint density at radius 3 is 2.71 bits per heavy atom. The molecule has 3 N–H and O–H groups in total. The van der Waals surface area contributed by atoms with Crippen molar-refractivity contribution in [1.29, 1.82) is 0 Å². The molecule has 0 aliphatic rings. The number of nitrogens with zero attached hydrogens (tertiary/aromatic N) is 4. The Morgan fingerprint density at radius 1 is 1.26 bits per heavy atom. The van der Waals surface area contributed by atoms with E-state index < -0.39 is 17.1 Å². The van der Waals surface area contributed by atoms with E-state index in [0.29, 0.717) is 12.3 Å². The van der Waals surface area contributed by atoms with Crippen LogP contribution in [0.4, 0.5) is 16.0 Å². The van der Waals surface area contributed by atoms with E-state index in [1.54, 1.807) is 19.9 Å². The number of rotatable bonds is 7. The van der Waals surface area contributed by atoms with Crippen molar-refractivity contribution < 1.29 is 18.7 Å². The monoisotopic (exact) mass is 426 g/mol. The lowest BCUT2D eigenvalue weighted by molar-refractivity contribution is -0.120. The normalized spacial score (nSPS) is 11.1. The fraction of sp³-hybridized carbons (Fsp3) is 0.286. The van der Waals surface area contributed by atoms with E-state index in [1.807, 2.05) is 6.92 Å². The third kappa shape index (κ3) is 4.68. The Bertz CT molecular complexity index is 1110. The summed E-state index contributed by atoms with van der Waals surface area (Å²) in [6.45, 7) is 5.57. The van der Waals surface area contributed by atoms with E-state index in [0.717, 1.165) is 0 Å². The highest BCUT2D eigenvalue weighted by molar-refractivity contribution is 5.99. The number of carbonyl (C=O) groups is 1. The van der Waals surface area contributed by atoms with Crippen molar-refractivity contribution in [1.82, 2.24) is 19.9 Å². The number of carbonyl (C=O) groups excluding carboxylic acids is 1. The summed E-state index contributed by atoms with van der Waals surface area (Å²) in [6.07, 6.45) is 4.33. The first-order valence-electron chi connectivity index (χ1n) is 9.49. The van der Waals surface area contributed by atoms with Gasteiger partial charge in [0.1, 0.15) is 11.6 Å². The summed E-state index contributed by atoms with van der Waals surface area (Å²) in [4.78, 5) is 29.2. The first-order valence-corrected chi connectivity index (χ1v) is 9.49. The van der Waals surface area contributed by atoms with Gasteiger partial charge in [0, 0.05) is 17.8 Å². The van der Waals surface area contributed by atoms with Gasteiger partial charge in [-0.3, -0.25) is 9.78 Å². The number of anilines is 2. The van der Waals surface area contributed by atoms with Gasteiger partial charge in [0.2, 0.25) is 17.7 Å². The molecule has 0 aliphatic heterocycles. The molecule has 0 spiro atoms. The van der Waals surface area contributed by atoms with Crippen molar-refractivity contribution in [3.8, 4) is 22.9 Å². The molecule has 0 atom stereocenters. The molecule has 0 fully saturated rings. The zero-order valence-corrected chi connectivity index (χ0v) is 17.6. The number of halogens is 1. The number of nitrogens with one attached hydrogen (secondary N) is 1. The van der Waals surface area contributed by atoms with Gasteiger partial charge in [-0.1, -0.05) is 0 Å². The molecule has 0 bridgehead atoms. The van der Waals surface area contributed by atoms with Crippen molar-refractivity contribution in [3.63, 3.8) is 0 Å². The minimum Gasteiger partial charge on any atom is -0.495 e. The lowest BCUT2D eigenvalue weighted by Crippen LogP contribution is -2.36. The predicted molar refractivity (Wildman–Crippen MR) is 113 cm³/mol. The van der Waals surface area contributed by atoms with Crippen LogP contribution in [0.5, 0.6) is 11.6 Å². The lowest BCUT2D eigenvalue weighted by atomic mass is 9.88. The maximum absolute atomic E-state index is 14.9. The summed E-state index contributed by atoms with van der Waals surface area (Å²) >= 11 is 0. The number of nitrogen functional groups attached to an aromatic ring is 1. The average molecular weight is 426 g/mol.